The molecule has 0 unspecified atom stereocenters. The predicted molar refractivity (Wildman–Crippen MR) is 99.0 cm³/mol. The van der Waals surface area contributed by atoms with Crippen molar-refractivity contribution in [1.29, 1.82) is 0 Å². The Kier molecular flexibility index (Phi) is 5.72. The molecule has 1 heterocycles. The smallest absolute Gasteiger partial charge is 0.350 e. The van der Waals surface area contributed by atoms with Gasteiger partial charge in [0.1, 0.15) is 11.4 Å². The highest BCUT2D eigenvalue weighted by molar-refractivity contribution is 6.01. The number of amides is 1. The van der Waals surface area contributed by atoms with Crippen LogP contribution in [0.2, 0.25) is 0 Å². The minimum atomic E-state index is -4.65. The van der Waals surface area contributed by atoms with Crippen molar-refractivity contribution in [3.05, 3.63) is 48.7 Å². The first-order valence-electron chi connectivity index (χ1n) is 8.01. The number of hydrogen-bond donors (Lipinski definition) is 3. The zero-order valence-electron chi connectivity index (χ0n) is 15.1. The van der Waals surface area contributed by atoms with E-state index in [9.17, 15) is 18.0 Å². The number of nitrogens with one attached hydrogen (secondary N) is 3. The maximum absolute atomic E-state index is 13.4. The van der Waals surface area contributed by atoms with Crippen molar-refractivity contribution in [2.75, 3.05) is 16.0 Å². The highest BCUT2D eigenvalue weighted by atomic mass is 19.4. The molecule has 1 aromatic heterocycles. The topological polar surface area (TPSA) is 78.9 Å². The summed E-state index contributed by atoms with van der Waals surface area (Å²) in [6.45, 7) is 8.86. The van der Waals surface area contributed by atoms with E-state index in [4.69, 9.17) is 0 Å². The van der Waals surface area contributed by atoms with Crippen LogP contribution in [0.25, 0.3) is 0 Å². The van der Waals surface area contributed by atoms with Gasteiger partial charge >= 0.3 is 6.18 Å². The Balaban J connectivity index is 2.46. The molecule has 0 bridgehead atoms. The molecule has 0 aliphatic rings. The van der Waals surface area contributed by atoms with Crippen molar-refractivity contribution in [2.45, 2.75) is 32.5 Å². The van der Waals surface area contributed by atoms with Crippen molar-refractivity contribution in [3.63, 3.8) is 0 Å². The van der Waals surface area contributed by atoms with E-state index in [0.29, 0.717) is 11.9 Å². The molecule has 0 saturated heterocycles. The third-order valence-electron chi connectivity index (χ3n) is 3.20. The van der Waals surface area contributed by atoms with E-state index in [1.54, 1.807) is 18.2 Å². The maximum Gasteiger partial charge on any atom is 0.421 e. The molecule has 0 spiro atoms. The minimum Gasteiger partial charge on any atom is -0.350 e. The molecule has 0 saturated carbocycles. The molecule has 6 nitrogen and oxygen atoms in total. The molecule has 0 aliphatic carbocycles. The van der Waals surface area contributed by atoms with Gasteiger partial charge in [-0.05, 0) is 39.0 Å². The first kappa shape index (κ1) is 20.2. The lowest BCUT2D eigenvalue weighted by atomic mass is 10.1. The second kappa shape index (κ2) is 7.65. The number of carbonyl (C=O) groups excluding carboxylic acids is 1. The van der Waals surface area contributed by atoms with Crippen LogP contribution in [0, 0.1) is 0 Å². The summed E-state index contributed by atoms with van der Waals surface area (Å²) in [5.74, 6) is -0.867. The number of carbonyl (C=O) groups is 1. The van der Waals surface area contributed by atoms with E-state index in [0.717, 1.165) is 6.08 Å². The molecular weight excluding hydrogens is 359 g/mol. The van der Waals surface area contributed by atoms with Gasteiger partial charge in [0.05, 0.1) is 11.4 Å². The van der Waals surface area contributed by atoms with Crippen molar-refractivity contribution in [3.8, 4) is 0 Å². The lowest BCUT2D eigenvalue weighted by Gasteiger charge is -2.22. The van der Waals surface area contributed by atoms with Crippen molar-refractivity contribution in [1.82, 2.24) is 9.97 Å². The standard InChI is InChI=1S/C18H20F3N5O/c1-5-14(27)23-12-8-6-7-9-13(12)24-15-11(18(19,20)21)10-22-16(25-15)26-17(2,3)4/h5-10H,1H2,2-4H3,(H,23,27)(H2,22,24,25,26). The monoisotopic (exact) mass is 379 g/mol. The third kappa shape index (κ3) is 5.70. The van der Waals surface area contributed by atoms with Crippen LogP contribution in [0.5, 0.6) is 0 Å². The molecule has 3 N–H and O–H groups in total. The van der Waals surface area contributed by atoms with E-state index in [1.807, 2.05) is 20.8 Å². The normalized spacial score (nSPS) is 11.6. The van der Waals surface area contributed by atoms with E-state index < -0.39 is 29.0 Å². The minimum absolute atomic E-state index is 0.0469. The zero-order valence-corrected chi connectivity index (χ0v) is 15.1. The second-order valence-electron chi connectivity index (χ2n) is 6.69. The van der Waals surface area contributed by atoms with Crippen LogP contribution < -0.4 is 16.0 Å². The number of rotatable bonds is 5. The van der Waals surface area contributed by atoms with Gasteiger partial charge in [0.2, 0.25) is 11.9 Å². The van der Waals surface area contributed by atoms with Gasteiger partial charge in [-0.25, -0.2) is 4.98 Å². The molecule has 9 heteroatoms. The average Bonchev–Trinajstić information content (AvgIpc) is 2.54. The first-order chi connectivity index (χ1) is 12.5. The number of hydrogen-bond acceptors (Lipinski definition) is 5. The van der Waals surface area contributed by atoms with Crippen LogP contribution in [0.15, 0.2) is 43.1 Å². The van der Waals surface area contributed by atoms with Crippen molar-refractivity contribution in [2.24, 2.45) is 0 Å². The van der Waals surface area contributed by atoms with Crippen LogP contribution in [0.4, 0.5) is 36.3 Å². The van der Waals surface area contributed by atoms with Crippen LogP contribution in [-0.4, -0.2) is 21.4 Å². The number of anilines is 4. The molecular formula is C18H20F3N5O. The number of aromatic nitrogens is 2. The van der Waals surface area contributed by atoms with Gasteiger partial charge in [0.15, 0.2) is 0 Å². The van der Waals surface area contributed by atoms with Gasteiger partial charge in [-0.3, -0.25) is 4.79 Å². The van der Waals surface area contributed by atoms with Gasteiger partial charge in [-0.2, -0.15) is 18.2 Å². The van der Waals surface area contributed by atoms with Crippen LogP contribution in [0.3, 0.4) is 0 Å². The summed E-state index contributed by atoms with van der Waals surface area (Å²) in [6, 6.07) is 6.33. The Morgan fingerprint density at radius 3 is 2.33 bits per heavy atom. The zero-order chi connectivity index (χ0) is 20.2. The molecule has 2 rings (SSSR count). The molecule has 0 aliphatic heterocycles. The number of para-hydroxylation sites is 2. The Labute approximate surface area is 154 Å². The van der Waals surface area contributed by atoms with Gasteiger partial charge in [0, 0.05) is 11.7 Å². The summed E-state index contributed by atoms with van der Waals surface area (Å²) >= 11 is 0. The Bertz CT molecular complexity index is 844. The SMILES string of the molecule is C=CC(=O)Nc1ccccc1Nc1nc(NC(C)(C)C)ncc1C(F)(F)F. The molecule has 0 fully saturated rings. The third-order valence-corrected chi connectivity index (χ3v) is 3.20. The highest BCUT2D eigenvalue weighted by Crippen LogP contribution is 2.36. The quantitative estimate of drug-likeness (QED) is 0.663. The van der Waals surface area contributed by atoms with Gasteiger partial charge in [0.25, 0.3) is 0 Å². The number of halogens is 3. The fourth-order valence-electron chi connectivity index (χ4n) is 2.09. The fourth-order valence-corrected chi connectivity index (χ4v) is 2.09. The summed E-state index contributed by atoms with van der Waals surface area (Å²) in [5.41, 5.74) is -0.919. The lowest BCUT2D eigenvalue weighted by Crippen LogP contribution is -2.27. The number of alkyl halides is 3. The maximum atomic E-state index is 13.4. The highest BCUT2D eigenvalue weighted by Gasteiger charge is 2.35. The van der Waals surface area contributed by atoms with Crippen molar-refractivity contribution >= 4 is 29.0 Å². The number of benzene rings is 1. The fraction of sp³-hybridized carbons (Fsp3) is 0.278. The first-order valence-corrected chi connectivity index (χ1v) is 8.01. The molecule has 0 radical (unpaired) electrons. The van der Waals surface area contributed by atoms with Crippen molar-refractivity contribution < 1.29 is 18.0 Å². The molecule has 0 atom stereocenters. The van der Waals surface area contributed by atoms with E-state index in [1.165, 1.54) is 6.07 Å². The molecule has 2 aromatic rings. The summed E-state index contributed by atoms with van der Waals surface area (Å²) in [5, 5.41) is 8.10. The van der Waals surface area contributed by atoms with Gasteiger partial charge in [-0.15, -0.1) is 0 Å². The summed E-state index contributed by atoms with van der Waals surface area (Å²) < 4.78 is 40.1. The van der Waals surface area contributed by atoms with Crippen LogP contribution in [-0.2, 0) is 11.0 Å². The van der Waals surface area contributed by atoms with Gasteiger partial charge in [-0.1, -0.05) is 18.7 Å². The number of nitrogens with zero attached hydrogens (tertiary/aromatic N) is 2. The molecule has 144 valence electrons. The van der Waals surface area contributed by atoms with E-state index >= 15 is 0 Å². The molecule has 27 heavy (non-hydrogen) atoms. The van der Waals surface area contributed by atoms with Gasteiger partial charge < -0.3 is 16.0 Å². The summed E-state index contributed by atoms with van der Waals surface area (Å²) in [7, 11) is 0. The molecule has 1 amide bonds. The summed E-state index contributed by atoms with van der Waals surface area (Å²) in [4.78, 5) is 19.3. The second-order valence-corrected chi connectivity index (χ2v) is 6.69. The van der Waals surface area contributed by atoms with E-state index in [2.05, 4.69) is 32.5 Å². The summed E-state index contributed by atoms with van der Waals surface area (Å²) in [6.07, 6.45) is -2.87. The van der Waals surface area contributed by atoms with Crippen LogP contribution >= 0.6 is 0 Å². The Morgan fingerprint density at radius 2 is 1.78 bits per heavy atom. The molecule has 1 aromatic carbocycles. The van der Waals surface area contributed by atoms with E-state index in [-0.39, 0.29) is 11.6 Å². The lowest BCUT2D eigenvalue weighted by molar-refractivity contribution is -0.137. The largest absolute Gasteiger partial charge is 0.421 e. The van der Waals surface area contributed by atoms with Crippen LogP contribution in [0.1, 0.15) is 26.3 Å². The Hall–Kier alpha value is -3.10. The predicted octanol–water partition coefficient (Wildman–Crippen LogP) is 4.57. The average molecular weight is 379 g/mol. The Morgan fingerprint density at radius 1 is 1.15 bits per heavy atom.